The zero-order valence-corrected chi connectivity index (χ0v) is 16.0. The molecule has 0 saturated carbocycles. The number of anilines is 1. The summed E-state index contributed by atoms with van der Waals surface area (Å²) in [7, 11) is 1.62. The SMILES string of the molecule is COc1ccc(OCc2ccc(-c3nc(C#N)c(NCC4CCCO4)o3)o2)cc1. The van der Waals surface area contributed by atoms with Crippen LogP contribution in [0.4, 0.5) is 5.88 Å². The van der Waals surface area contributed by atoms with Gasteiger partial charge < -0.3 is 28.4 Å². The lowest BCUT2D eigenvalue weighted by molar-refractivity contribution is 0.120. The first kappa shape index (κ1) is 18.9. The predicted molar refractivity (Wildman–Crippen MR) is 104 cm³/mol. The molecule has 1 unspecified atom stereocenters. The first-order chi connectivity index (χ1) is 14.2. The van der Waals surface area contributed by atoms with Gasteiger partial charge in [-0.05, 0) is 49.2 Å². The van der Waals surface area contributed by atoms with E-state index < -0.39 is 0 Å². The molecule has 0 amide bonds. The van der Waals surface area contributed by atoms with Crippen molar-refractivity contribution in [1.82, 2.24) is 4.98 Å². The highest BCUT2D eigenvalue weighted by atomic mass is 16.5. The normalized spacial score (nSPS) is 15.8. The van der Waals surface area contributed by atoms with E-state index in [-0.39, 0.29) is 24.3 Å². The van der Waals surface area contributed by atoms with Crippen LogP contribution >= 0.6 is 0 Å². The molecule has 150 valence electrons. The summed E-state index contributed by atoms with van der Waals surface area (Å²) in [5, 5.41) is 12.4. The van der Waals surface area contributed by atoms with E-state index in [0.717, 1.165) is 25.2 Å². The van der Waals surface area contributed by atoms with Crippen LogP contribution in [0.5, 0.6) is 11.5 Å². The van der Waals surface area contributed by atoms with Gasteiger partial charge in [0.2, 0.25) is 11.6 Å². The average Bonchev–Trinajstić information content (AvgIpc) is 3.51. The summed E-state index contributed by atoms with van der Waals surface area (Å²) < 4.78 is 27.9. The average molecular weight is 395 g/mol. The maximum absolute atomic E-state index is 9.32. The number of nitrogens with one attached hydrogen (secondary N) is 1. The van der Waals surface area contributed by atoms with E-state index in [9.17, 15) is 5.26 Å². The van der Waals surface area contributed by atoms with E-state index in [1.165, 1.54) is 0 Å². The summed E-state index contributed by atoms with van der Waals surface area (Å²) in [6.07, 6.45) is 2.17. The minimum Gasteiger partial charge on any atom is -0.497 e. The monoisotopic (exact) mass is 395 g/mol. The van der Waals surface area contributed by atoms with Crippen LogP contribution in [0, 0.1) is 11.3 Å². The Balaban J connectivity index is 1.39. The van der Waals surface area contributed by atoms with Gasteiger partial charge in [0, 0.05) is 13.2 Å². The van der Waals surface area contributed by atoms with Crippen molar-refractivity contribution in [3.05, 3.63) is 47.9 Å². The number of benzene rings is 1. The van der Waals surface area contributed by atoms with Crippen LogP contribution < -0.4 is 14.8 Å². The lowest BCUT2D eigenvalue weighted by atomic mass is 10.2. The second kappa shape index (κ2) is 8.71. The van der Waals surface area contributed by atoms with E-state index >= 15 is 0 Å². The van der Waals surface area contributed by atoms with E-state index in [1.807, 2.05) is 30.3 Å². The van der Waals surface area contributed by atoms with Crippen molar-refractivity contribution >= 4 is 5.88 Å². The summed E-state index contributed by atoms with van der Waals surface area (Å²) in [6, 6.07) is 12.9. The molecule has 0 radical (unpaired) electrons. The largest absolute Gasteiger partial charge is 0.497 e. The van der Waals surface area contributed by atoms with Crippen molar-refractivity contribution in [3.63, 3.8) is 0 Å². The molecule has 1 saturated heterocycles. The Kier molecular flexibility index (Phi) is 5.68. The molecule has 29 heavy (non-hydrogen) atoms. The van der Waals surface area contributed by atoms with Crippen LogP contribution in [-0.2, 0) is 11.3 Å². The van der Waals surface area contributed by atoms with Crippen molar-refractivity contribution in [2.75, 3.05) is 25.6 Å². The molecule has 1 aliphatic heterocycles. The fourth-order valence-corrected chi connectivity index (χ4v) is 3.03. The van der Waals surface area contributed by atoms with Crippen LogP contribution in [0.2, 0.25) is 0 Å². The molecular formula is C21H21N3O5. The molecule has 0 bridgehead atoms. The number of nitriles is 1. The van der Waals surface area contributed by atoms with Crippen molar-refractivity contribution in [2.24, 2.45) is 0 Å². The molecule has 0 spiro atoms. The molecule has 1 N–H and O–H groups in total. The molecule has 3 heterocycles. The zero-order valence-electron chi connectivity index (χ0n) is 16.0. The van der Waals surface area contributed by atoms with Gasteiger partial charge in [0.1, 0.15) is 29.9 Å². The third kappa shape index (κ3) is 4.52. The minimum absolute atomic E-state index is 0.125. The fourth-order valence-electron chi connectivity index (χ4n) is 3.03. The number of nitrogens with zero attached hydrogens (tertiary/aromatic N) is 2. The van der Waals surface area contributed by atoms with Crippen molar-refractivity contribution < 1.29 is 23.0 Å². The molecular weight excluding hydrogens is 374 g/mol. The Labute approximate surface area is 168 Å². The summed E-state index contributed by atoms with van der Waals surface area (Å²) in [5.74, 6) is 3.07. The van der Waals surface area contributed by atoms with Crippen molar-refractivity contribution in [3.8, 4) is 29.2 Å². The molecule has 1 aromatic carbocycles. The van der Waals surface area contributed by atoms with Crippen LogP contribution in [0.1, 0.15) is 24.3 Å². The van der Waals surface area contributed by atoms with Crippen LogP contribution in [-0.4, -0.2) is 31.3 Å². The molecule has 1 fully saturated rings. The number of furan rings is 1. The van der Waals surface area contributed by atoms with Crippen LogP contribution in [0.25, 0.3) is 11.7 Å². The number of methoxy groups -OCH3 is 1. The highest BCUT2D eigenvalue weighted by Gasteiger charge is 2.20. The molecule has 8 nitrogen and oxygen atoms in total. The van der Waals surface area contributed by atoms with Gasteiger partial charge in [-0.3, -0.25) is 0 Å². The lowest BCUT2D eigenvalue weighted by Gasteiger charge is -2.09. The molecule has 1 atom stereocenters. The minimum atomic E-state index is 0.125. The van der Waals surface area contributed by atoms with Gasteiger partial charge in [0.15, 0.2) is 5.76 Å². The number of ether oxygens (including phenoxy) is 3. The number of rotatable bonds is 8. The molecule has 4 rings (SSSR count). The summed E-state index contributed by atoms with van der Waals surface area (Å²) >= 11 is 0. The fraction of sp³-hybridized carbons (Fsp3) is 0.333. The Morgan fingerprint density at radius 1 is 1.17 bits per heavy atom. The summed E-state index contributed by atoms with van der Waals surface area (Å²) in [6.45, 7) is 1.59. The van der Waals surface area contributed by atoms with E-state index in [1.54, 1.807) is 19.2 Å². The Bertz CT molecular complexity index is 981. The van der Waals surface area contributed by atoms with Gasteiger partial charge in [-0.25, -0.2) is 0 Å². The van der Waals surface area contributed by atoms with Gasteiger partial charge in [-0.15, -0.1) is 0 Å². The van der Waals surface area contributed by atoms with Crippen molar-refractivity contribution in [2.45, 2.75) is 25.6 Å². The third-order valence-corrected chi connectivity index (χ3v) is 4.56. The van der Waals surface area contributed by atoms with Crippen molar-refractivity contribution in [1.29, 1.82) is 5.26 Å². The smallest absolute Gasteiger partial charge is 0.266 e. The molecule has 0 aliphatic carbocycles. The molecule has 2 aromatic heterocycles. The number of aromatic nitrogens is 1. The molecule has 1 aliphatic rings. The quantitative estimate of drug-likeness (QED) is 0.611. The first-order valence-corrected chi connectivity index (χ1v) is 9.37. The summed E-state index contributed by atoms with van der Waals surface area (Å²) in [4.78, 5) is 4.22. The van der Waals surface area contributed by atoms with E-state index in [0.29, 0.717) is 29.7 Å². The highest BCUT2D eigenvalue weighted by Crippen LogP contribution is 2.28. The third-order valence-electron chi connectivity index (χ3n) is 4.56. The Morgan fingerprint density at radius 3 is 2.72 bits per heavy atom. The van der Waals surface area contributed by atoms with Gasteiger partial charge in [-0.2, -0.15) is 10.2 Å². The first-order valence-electron chi connectivity index (χ1n) is 9.37. The number of hydrogen-bond acceptors (Lipinski definition) is 8. The maximum Gasteiger partial charge on any atom is 0.266 e. The summed E-state index contributed by atoms with van der Waals surface area (Å²) in [5.41, 5.74) is 0.186. The van der Waals surface area contributed by atoms with E-state index in [4.69, 9.17) is 23.0 Å². The molecule has 8 heteroatoms. The van der Waals surface area contributed by atoms with Crippen LogP contribution in [0.3, 0.4) is 0 Å². The maximum atomic E-state index is 9.32. The number of oxazole rings is 1. The van der Waals surface area contributed by atoms with E-state index in [2.05, 4.69) is 10.3 Å². The Morgan fingerprint density at radius 2 is 2.00 bits per heavy atom. The topological polar surface area (TPSA) is 103 Å². The Hall–Kier alpha value is -3.44. The van der Waals surface area contributed by atoms with Gasteiger partial charge in [0.05, 0.1) is 13.2 Å². The van der Waals surface area contributed by atoms with Gasteiger partial charge in [0.25, 0.3) is 5.89 Å². The predicted octanol–water partition coefficient (Wildman–Crippen LogP) is 3.98. The standard InChI is InChI=1S/C21H21N3O5/c1-25-14-4-6-15(7-5-14)27-13-17-8-9-19(28-17)21-24-18(11-22)20(29-21)23-12-16-3-2-10-26-16/h4-9,16,23H,2-3,10,12-13H2,1H3. The number of hydrogen-bond donors (Lipinski definition) is 1. The zero-order chi connectivity index (χ0) is 20.1. The second-order valence-corrected chi connectivity index (χ2v) is 6.55. The molecule has 3 aromatic rings. The lowest BCUT2D eigenvalue weighted by Crippen LogP contribution is -2.18. The highest BCUT2D eigenvalue weighted by molar-refractivity contribution is 5.54. The van der Waals surface area contributed by atoms with Gasteiger partial charge in [-0.1, -0.05) is 0 Å². The van der Waals surface area contributed by atoms with Gasteiger partial charge >= 0.3 is 0 Å². The second-order valence-electron chi connectivity index (χ2n) is 6.55. The van der Waals surface area contributed by atoms with Crippen LogP contribution in [0.15, 0.2) is 45.2 Å².